The van der Waals surface area contributed by atoms with Gasteiger partial charge in [-0.05, 0) is 7.05 Å². The number of nitrogen functional groups attached to an aromatic ring is 1. The van der Waals surface area contributed by atoms with E-state index in [9.17, 15) is 15.3 Å². The van der Waals surface area contributed by atoms with Crippen LogP contribution >= 0.6 is 0 Å². The Morgan fingerprint density at radius 1 is 1.19 bits per heavy atom. The van der Waals surface area contributed by atoms with Gasteiger partial charge in [0.25, 0.3) is 0 Å². The fraction of sp³-hybridized carbons (Fsp3) is 0.667. The minimum Gasteiger partial charge on any atom is -0.394 e. The van der Waals surface area contributed by atoms with Gasteiger partial charge in [-0.2, -0.15) is 0 Å². The Morgan fingerprint density at radius 3 is 2.58 bits per heavy atom. The highest BCUT2D eigenvalue weighted by Gasteiger charge is 2.45. The maximum absolute atomic E-state index is 10.5. The molecule has 0 radical (unpaired) electrons. The summed E-state index contributed by atoms with van der Waals surface area (Å²) < 4.78 is 7.36. The molecular formula is C15H23N7O4. The Hall–Kier alpha value is -2.05. The molecule has 0 unspecified atom stereocenters. The van der Waals surface area contributed by atoms with E-state index in [4.69, 9.17) is 10.5 Å². The summed E-state index contributed by atoms with van der Waals surface area (Å²) in [7, 11) is 2.05. The average molecular weight is 365 g/mol. The highest BCUT2D eigenvalue weighted by molar-refractivity contribution is 5.84. The lowest BCUT2D eigenvalue weighted by atomic mass is 10.1. The van der Waals surface area contributed by atoms with Crippen molar-refractivity contribution < 1.29 is 20.1 Å². The van der Waals surface area contributed by atoms with Crippen LogP contribution in [-0.4, -0.2) is 97.9 Å². The smallest absolute Gasteiger partial charge is 0.210 e. The van der Waals surface area contributed by atoms with Crippen LogP contribution in [0.3, 0.4) is 0 Å². The topological polar surface area (TPSA) is 146 Å². The maximum atomic E-state index is 10.5. The van der Waals surface area contributed by atoms with Crippen molar-refractivity contribution in [3.63, 3.8) is 0 Å². The zero-order valence-electron chi connectivity index (χ0n) is 14.4. The van der Waals surface area contributed by atoms with Crippen molar-refractivity contribution in [2.45, 2.75) is 24.5 Å². The number of imidazole rings is 1. The predicted octanol–water partition coefficient (Wildman–Crippen LogP) is -2.23. The van der Waals surface area contributed by atoms with Gasteiger partial charge in [0.2, 0.25) is 5.95 Å². The standard InChI is InChI=1S/C15H23N7O4/c1-20-2-4-21(5-3-20)15-19-9-12(16)17-7-18-13(9)22(15)14-11(25)10(24)8(6-23)26-14/h7-8,10-11,14,23-25H,2-6H2,1H3,(H2,16,17,18)/t8-,10+,11+,14-/m0/s1. The van der Waals surface area contributed by atoms with E-state index in [2.05, 4.69) is 31.8 Å². The molecule has 2 fully saturated rings. The summed E-state index contributed by atoms with van der Waals surface area (Å²) in [5.41, 5.74) is 6.79. The van der Waals surface area contributed by atoms with E-state index >= 15 is 0 Å². The number of aliphatic hydroxyl groups excluding tert-OH is 3. The summed E-state index contributed by atoms with van der Waals surface area (Å²) in [6.07, 6.45) is -2.93. The van der Waals surface area contributed by atoms with E-state index in [1.165, 1.54) is 6.33 Å². The third-order valence-electron chi connectivity index (χ3n) is 5.04. The molecule has 26 heavy (non-hydrogen) atoms. The van der Waals surface area contributed by atoms with Crippen LogP contribution in [0.4, 0.5) is 11.8 Å². The molecule has 142 valence electrons. The Kier molecular flexibility index (Phi) is 4.40. The van der Waals surface area contributed by atoms with Gasteiger partial charge in [-0.25, -0.2) is 15.0 Å². The van der Waals surface area contributed by atoms with Crippen molar-refractivity contribution >= 4 is 22.9 Å². The van der Waals surface area contributed by atoms with E-state index in [1.54, 1.807) is 4.57 Å². The van der Waals surface area contributed by atoms with Crippen molar-refractivity contribution in [1.82, 2.24) is 24.4 Å². The van der Waals surface area contributed by atoms with Crippen LogP contribution in [0.15, 0.2) is 6.33 Å². The van der Waals surface area contributed by atoms with E-state index in [0.29, 0.717) is 17.1 Å². The molecule has 0 spiro atoms. The summed E-state index contributed by atoms with van der Waals surface area (Å²) in [5, 5.41) is 30.0. The SMILES string of the molecule is CN1CCN(c2nc3c(N)ncnc3n2[C@H]2O[C@@H](CO)[C@@H](O)[C@H]2O)CC1. The van der Waals surface area contributed by atoms with Gasteiger partial charge in [0.05, 0.1) is 6.61 Å². The zero-order chi connectivity index (χ0) is 18.4. The Bertz CT molecular complexity index is 792. The Balaban J connectivity index is 1.81. The number of likely N-dealkylation sites (N-methyl/N-ethyl adjacent to an activating group) is 1. The first-order valence-corrected chi connectivity index (χ1v) is 8.55. The molecule has 2 aromatic heterocycles. The maximum Gasteiger partial charge on any atom is 0.210 e. The lowest BCUT2D eigenvalue weighted by molar-refractivity contribution is -0.0505. The predicted molar refractivity (Wildman–Crippen MR) is 92.5 cm³/mol. The summed E-state index contributed by atoms with van der Waals surface area (Å²) >= 11 is 0. The minimum atomic E-state index is -1.23. The van der Waals surface area contributed by atoms with Crippen LogP contribution in [0.2, 0.25) is 0 Å². The van der Waals surface area contributed by atoms with E-state index in [0.717, 1.165) is 26.2 Å². The van der Waals surface area contributed by atoms with E-state index < -0.39 is 31.1 Å². The van der Waals surface area contributed by atoms with Crippen molar-refractivity contribution in [2.75, 3.05) is 50.5 Å². The number of aromatic nitrogens is 4. The van der Waals surface area contributed by atoms with E-state index in [-0.39, 0.29) is 5.82 Å². The lowest BCUT2D eigenvalue weighted by Crippen LogP contribution is -2.46. The molecule has 11 nitrogen and oxygen atoms in total. The highest BCUT2D eigenvalue weighted by Crippen LogP contribution is 2.36. The normalized spacial score (nSPS) is 30.4. The quantitative estimate of drug-likeness (QED) is 0.471. The average Bonchev–Trinajstić information content (AvgIpc) is 3.15. The number of ether oxygens (including phenoxy) is 1. The molecule has 2 aliphatic rings. The van der Waals surface area contributed by atoms with Gasteiger partial charge in [0.1, 0.15) is 24.6 Å². The van der Waals surface area contributed by atoms with Crippen LogP contribution < -0.4 is 10.6 Å². The van der Waals surface area contributed by atoms with Crippen LogP contribution in [0.25, 0.3) is 11.2 Å². The summed E-state index contributed by atoms with van der Waals surface area (Å²) in [6.45, 7) is 2.80. The molecular weight excluding hydrogens is 342 g/mol. The Labute approximate surface area is 149 Å². The zero-order valence-corrected chi connectivity index (χ0v) is 14.4. The van der Waals surface area contributed by atoms with Gasteiger partial charge in [-0.1, -0.05) is 0 Å². The fourth-order valence-corrected chi connectivity index (χ4v) is 3.47. The molecule has 11 heteroatoms. The molecule has 0 aromatic carbocycles. The van der Waals surface area contributed by atoms with Gasteiger partial charge in [0.15, 0.2) is 23.2 Å². The molecule has 0 bridgehead atoms. The second-order valence-electron chi connectivity index (χ2n) is 6.73. The number of hydrogen-bond acceptors (Lipinski definition) is 10. The van der Waals surface area contributed by atoms with Gasteiger partial charge in [-0.3, -0.25) is 4.57 Å². The number of nitrogens with zero attached hydrogens (tertiary/aromatic N) is 6. The monoisotopic (exact) mass is 365 g/mol. The van der Waals surface area contributed by atoms with Crippen molar-refractivity contribution in [2.24, 2.45) is 0 Å². The van der Waals surface area contributed by atoms with Gasteiger partial charge >= 0.3 is 0 Å². The van der Waals surface area contributed by atoms with Crippen LogP contribution in [0.5, 0.6) is 0 Å². The first-order chi connectivity index (χ1) is 12.5. The van der Waals surface area contributed by atoms with E-state index in [1.807, 2.05) is 0 Å². The van der Waals surface area contributed by atoms with Crippen molar-refractivity contribution in [3.05, 3.63) is 6.33 Å². The number of rotatable bonds is 3. The second-order valence-corrected chi connectivity index (χ2v) is 6.73. The number of piperazine rings is 1. The number of nitrogens with two attached hydrogens (primary N) is 1. The van der Waals surface area contributed by atoms with Crippen molar-refractivity contribution in [1.29, 1.82) is 0 Å². The molecule has 0 amide bonds. The third kappa shape index (κ3) is 2.68. The fourth-order valence-electron chi connectivity index (χ4n) is 3.47. The van der Waals surface area contributed by atoms with Crippen molar-refractivity contribution in [3.8, 4) is 0 Å². The first kappa shape index (κ1) is 17.4. The minimum absolute atomic E-state index is 0.232. The number of aliphatic hydroxyl groups is 3. The molecule has 4 heterocycles. The number of fused-ring (bicyclic) bond motifs is 1. The Morgan fingerprint density at radius 2 is 1.92 bits per heavy atom. The highest BCUT2D eigenvalue weighted by atomic mass is 16.6. The van der Waals surface area contributed by atoms with Crippen LogP contribution in [-0.2, 0) is 4.74 Å². The lowest BCUT2D eigenvalue weighted by Gasteiger charge is -2.34. The number of anilines is 2. The molecule has 4 rings (SSSR count). The van der Waals surface area contributed by atoms with Crippen LogP contribution in [0.1, 0.15) is 6.23 Å². The molecule has 5 N–H and O–H groups in total. The molecule has 0 saturated carbocycles. The van der Waals surface area contributed by atoms with Gasteiger partial charge < -0.3 is 35.6 Å². The molecule has 0 aliphatic carbocycles. The van der Waals surface area contributed by atoms with Crippen LogP contribution in [0, 0.1) is 0 Å². The summed E-state index contributed by atoms with van der Waals surface area (Å²) in [4.78, 5) is 17.1. The molecule has 2 aliphatic heterocycles. The number of hydrogen-bond donors (Lipinski definition) is 4. The second kappa shape index (κ2) is 6.59. The largest absolute Gasteiger partial charge is 0.394 e. The first-order valence-electron chi connectivity index (χ1n) is 8.55. The van der Waals surface area contributed by atoms with Gasteiger partial charge in [0, 0.05) is 26.2 Å². The summed E-state index contributed by atoms with van der Waals surface area (Å²) in [5.74, 6) is 0.783. The summed E-state index contributed by atoms with van der Waals surface area (Å²) in [6, 6.07) is 0. The molecule has 2 saturated heterocycles. The molecule has 4 atom stereocenters. The van der Waals surface area contributed by atoms with Gasteiger partial charge in [-0.15, -0.1) is 0 Å². The third-order valence-corrected chi connectivity index (χ3v) is 5.04. The molecule has 2 aromatic rings.